The Balaban J connectivity index is 0.000000782. The zero-order valence-electron chi connectivity index (χ0n) is 23.0. The summed E-state index contributed by atoms with van der Waals surface area (Å²) in [6.07, 6.45) is -2.86. The van der Waals surface area contributed by atoms with Gasteiger partial charge in [0.1, 0.15) is 17.6 Å². The number of alkyl halides is 3. The first-order valence-electron chi connectivity index (χ1n) is 12.8. The molecule has 3 rings (SSSR count). The lowest BCUT2D eigenvalue weighted by Gasteiger charge is -2.36. The summed E-state index contributed by atoms with van der Waals surface area (Å²) in [4.78, 5) is 38.4. The molecule has 0 aromatic heterocycles. The number of carboxylic acids is 2. The van der Waals surface area contributed by atoms with Crippen molar-refractivity contribution >= 4 is 33.7 Å². The van der Waals surface area contributed by atoms with Crippen molar-refractivity contribution in [2.24, 2.45) is 22.5 Å². The summed E-state index contributed by atoms with van der Waals surface area (Å²) in [7, 11) is -4.02. The predicted octanol–water partition coefficient (Wildman–Crippen LogP) is 1.81. The molecule has 1 aromatic carbocycles. The summed E-state index contributed by atoms with van der Waals surface area (Å²) in [6.45, 7) is 4.54. The normalized spacial score (nSPS) is 21.6. The molecule has 0 spiro atoms. The molecule has 2 aliphatic rings. The summed E-state index contributed by atoms with van der Waals surface area (Å²) in [5.41, 5.74) is 6.55. The average Bonchev–Trinajstić information content (AvgIpc) is 3.20. The molecule has 2 fully saturated rings. The second kappa shape index (κ2) is 13.7. The lowest BCUT2D eigenvalue weighted by atomic mass is 9.70. The molecular formula is C25H35F3N4O9S. The number of ether oxygens (including phenoxy) is 1. The van der Waals surface area contributed by atoms with Gasteiger partial charge in [0.25, 0.3) is 0 Å². The maximum atomic E-state index is 13.0. The first-order valence-corrected chi connectivity index (χ1v) is 14.5. The van der Waals surface area contributed by atoms with E-state index in [4.69, 9.17) is 30.6 Å². The molecular weight excluding hydrogens is 589 g/mol. The number of nitrogens with one attached hydrogen (secondary N) is 3. The molecule has 7 N–H and O–H groups in total. The van der Waals surface area contributed by atoms with Gasteiger partial charge in [-0.25, -0.2) is 23.4 Å². The highest BCUT2D eigenvalue weighted by molar-refractivity contribution is 7.89. The summed E-state index contributed by atoms with van der Waals surface area (Å²) in [5, 5.41) is 23.8. The van der Waals surface area contributed by atoms with Crippen LogP contribution in [0.5, 0.6) is 5.75 Å². The van der Waals surface area contributed by atoms with Gasteiger partial charge in [0.2, 0.25) is 16.0 Å². The summed E-state index contributed by atoms with van der Waals surface area (Å²) in [6, 6.07) is 5.35. The third-order valence-electron chi connectivity index (χ3n) is 7.64. The van der Waals surface area contributed by atoms with Gasteiger partial charge >= 0.3 is 18.1 Å². The lowest BCUT2D eigenvalue weighted by Crippen LogP contribution is -2.49. The molecule has 0 radical (unpaired) electrons. The summed E-state index contributed by atoms with van der Waals surface area (Å²) >= 11 is 0. The highest BCUT2D eigenvalue weighted by atomic mass is 32.2. The van der Waals surface area contributed by atoms with Crippen LogP contribution in [0.4, 0.5) is 13.2 Å². The molecule has 2 saturated carbocycles. The number of carboxylic acid groups (broad SMARTS) is 2. The van der Waals surface area contributed by atoms with E-state index < -0.39 is 45.0 Å². The standard InChI is InChI=1S/C23H34N4O7S.C2HF3O2/c1-22(2)16-8-9-23(22,19(28)13-16)14-35(31,32)27-18(20(29)30)12-15-4-6-17(7-5-15)33-10-3-11-34-26-21(24)25;3-2(4,5)1(6)7/h4-7,16,18,27H,3,8-14H2,1-2H3,(H,29,30)(H4,24,25,26);(H,6,7)/t16?,18-,23-;/m0./s1. The van der Waals surface area contributed by atoms with E-state index in [1.54, 1.807) is 24.3 Å². The fourth-order valence-electron chi connectivity index (χ4n) is 5.28. The van der Waals surface area contributed by atoms with Gasteiger partial charge in [-0.15, -0.1) is 0 Å². The van der Waals surface area contributed by atoms with E-state index >= 15 is 0 Å². The topological polar surface area (TPSA) is 218 Å². The molecule has 236 valence electrons. The molecule has 0 aliphatic heterocycles. The highest BCUT2D eigenvalue weighted by Crippen LogP contribution is 2.64. The van der Waals surface area contributed by atoms with E-state index in [1.165, 1.54) is 0 Å². The van der Waals surface area contributed by atoms with E-state index in [0.29, 0.717) is 43.8 Å². The maximum absolute atomic E-state index is 13.0. The Labute approximate surface area is 240 Å². The number of aliphatic carboxylic acids is 2. The Hall–Kier alpha value is -3.44. The van der Waals surface area contributed by atoms with Gasteiger partial charge in [-0.1, -0.05) is 26.0 Å². The van der Waals surface area contributed by atoms with Crippen LogP contribution in [0.15, 0.2) is 24.3 Å². The van der Waals surface area contributed by atoms with Gasteiger partial charge in [-0.2, -0.15) is 13.2 Å². The Bertz CT molecular complexity index is 1260. The molecule has 42 heavy (non-hydrogen) atoms. The predicted molar refractivity (Wildman–Crippen MR) is 142 cm³/mol. The number of benzene rings is 1. The number of sulfonamides is 1. The van der Waals surface area contributed by atoms with Crippen LogP contribution in [0.25, 0.3) is 0 Å². The third kappa shape index (κ3) is 9.03. The van der Waals surface area contributed by atoms with Crippen molar-refractivity contribution in [3.8, 4) is 5.75 Å². The number of ketones is 1. The van der Waals surface area contributed by atoms with Gasteiger partial charge in [-0.05, 0) is 48.3 Å². The third-order valence-corrected chi connectivity index (χ3v) is 9.16. The molecule has 1 aromatic rings. The van der Waals surface area contributed by atoms with Crippen molar-refractivity contribution in [1.82, 2.24) is 10.2 Å². The van der Waals surface area contributed by atoms with E-state index in [-0.39, 0.29) is 29.8 Å². The fourth-order valence-corrected chi connectivity index (χ4v) is 7.30. The number of fused-ring (bicyclic) bond motifs is 2. The molecule has 17 heteroatoms. The van der Waals surface area contributed by atoms with Crippen molar-refractivity contribution in [3.05, 3.63) is 29.8 Å². The van der Waals surface area contributed by atoms with Crippen LogP contribution in [-0.4, -0.2) is 73.5 Å². The van der Waals surface area contributed by atoms with Gasteiger partial charge in [0.15, 0.2) is 0 Å². The Morgan fingerprint density at radius 3 is 2.24 bits per heavy atom. The monoisotopic (exact) mass is 624 g/mol. The van der Waals surface area contributed by atoms with E-state index in [1.807, 2.05) is 13.8 Å². The molecule has 3 atom stereocenters. The van der Waals surface area contributed by atoms with E-state index in [9.17, 15) is 36.3 Å². The number of hydrogen-bond donors (Lipinski definition) is 6. The summed E-state index contributed by atoms with van der Waals surface area (Å²) < 4.78 is 65.7. The molecule has 2 bridgehead atoms. The lowest BCUT2D eigenvalue weighted by molar-refractivity contribution is -0.192. The Morgan fingerprint density at radius 2 is 1.79 bits per heavy atom. The number of guanidine groups is 1. The van der Waals surface area contributed by atoms with Crippen molar-refractivity contribution < 1.29 is 55.8 Å². The number of halogens is 3. The zero-order chi connectivity index (χ0) is 31.9. The quantitative estimate of drug-likeness (QED) is 0.0805. The maximum Gasteiger partial charge on any atom is 0.490 e. The minimum absolute atomic E-state index is 0.0340. The van der Waals surface area contributed by atoms with E-state index in [0.717, 1.165) is 6.42 Å². The van der Waals surface area contributed by atoms with Gasteiger partial charge in [0.05, 0.1) is 19.0 Å². The Kier molecular flexibility index (Phi) is 11.3. The van der Waals surface area contributed by atoms with Crippen LogP contribution >= 0.6 is 0 Å². The van der Waals surface area contributed by atoms with Crippen molar-refractivity contribution in [2.45, 2.75) is 58.2 Å². The van der Waals surface area contributed by atoms with Gasteiger partial charge < -0.3 is 20.7 Å². The van der Waals surface area contributed by atoms with Crippen molar-refractivity contribution in [1.29, 1.82) is 5.41 Å². The van der Waals surface area contributed by atoms with Crippen LogP contribution in [0.1, 0.15) is 45.1 Å². The molecule has 13 nitrogen and oxygen atoms in total. The molecule has 0 amide bonds. The zero-order valence-corrected chi connectivity index (χ0v) is 23.8. The number of carbonyl (C=O) groups is 3. The fraction of sp³-hybridized carbons (Fsp3) is 0.600. The first kappa shape index (κ1) is 34.8. The number of hydroxylamine groups is 1. The number of Topliss-reactive ketones (excluding diaryl/α,β-unsaturated/α-hetero) is 1. The van der Waals surface area contributed by atoms with Crippen molar-refractivity contribution in [2.75, 3.05) is 19.0 Å². The molecule has 1 unspecified atom stereocenters. The SMILES string of the molecule is CC1(C)C2CC[C@]1(CS(=O)(=O)N[C@@H](Cc1ccc(OCCCONC(=N)N)cc1)C(=O)O)C(=O)C2.O=C(O)C(F)(F)F. The smallest absolute Gasteiger partial charge is 0.490 e. The minimum atomic E-state index is -5.08. The molecule has 2 aliphatic carbocycles. The highest BCUT2D eigenvalue weighted by Gasteiger charge is 2.65. The van der Waals surface area contributed by atoms with Crippen LogP contribution in [0.3, 0.4) is 0 Å². The van der Waals surface area contributed by atoms with Crippen LogP contribution in [-0.2, 0) is 35.7 Å². The molecule has 0 saturated heterocycles. The van der Waals surface area contributed by atoms with Crippen LogP contribution < -0.4 is 20.7 Å². The largest absolute Gasteiger partial charge is 0.494 e. The second-order valence-electron chi connectivity index (χ2n) is 10.7. The number of hydrogen-bond acceptors (Lipinski definition) is 8. The average molecular weight is 625 g/mol. The molecule has 0 heterocycles. The minimum Gasteiger partial charge on any atom is -0.494 e. The second-order valence-corrected chi connectivity index (χ2v) is 12.4. The summed E-state index contributed by atoms with van der Waals surface area (Å²) in [5.74, 6) is -4.01. The first-order chi connectivity index (χ1) is 19.3. The van der Waals surface area contributed by atoms with Crippen LogP contribution in [0, 0.1) is 22.2 Å². The number of rotatable bonds is 13. The number of nitrogens with two attached hydrogens (primary N) is 1. The number of carbonyl (C=O) groups excluding carboxylic acids is 1. The van der Waals surface area contributed by atoms with Crippen molar-refractivity contribution in [3.63, 3.8) is 0 Å². The Morgan fingerprint density at radius 1 is 1.19 bits per heavy atom. The van der Waals surface area contributed by atoms with Gasteiger partial charge in [-0.3, -0.25) is 19.8 Å². The van der Waals surface area contributed by atoms with Gasteiger partial charge in [0, 0.05) is 18.3 Å². The van der Waals surface area contributed by atoms with Crippen LogP contribution in [0.2, 0.25) is 0 Å². The van der Waals surface area contributed by atoms with E-state index in [2.05, 4.69) is 10.2 Å².